The number of rotatable bonds is 3. The Labute approximate surface area is 88.2 Å². The van der Waals surface area contributed by atoms with E-state index >= 15 is 0 Å². The Morgan fingerprint density at radius 1 is 1.50 bits per heavy atom. The van der Waals surface area contributed by atoms with Crippen LogP contribution in [0.1, 0.15) is 22.7 Å². The van der Waals surface area contributed by atoms with Gasteiger partial charge in [0.25, 0.3) is 0 Å². The van der Waals surface area contributed by atoms with Crippen LogP contribution in [0.25, 0.3) is 0 Å². The lowest BCUT2D eigenvalue weighted by Gasteiger charge is -2.21. The predicted octanol–water partition coefficient (Wildman–Crippen LogP) is 1.18. The third-order valence-corrected chi connectivity index (χ3v) is 3.68. The van der Waals surface area contributed by atoms with Gasteiger partial charge in [0.05, 0.1) is 16.5 Å². The smallest absolute Gasteiger partial charge is 0.0931 e. The van der Waals surface area contributed by atoms with Gasteiger partial charge in [0.2, 0.25) is 0 Å². The summed E-state index contributed by atoms with van der Waals surface area (Å²) in [5.74, 6) is 0.786. The number of piperidine rings is 1. The van der Waals surface area contributed by atoms with Gasteiger partial charge in [-0.25, -0.2) is 4.98 Å². The van der Waals surface area contributed by atoms with Crippen molar-refractivity contribution in [1.82, 2.24) is 10.3 Å². The lowest BCUT2D eigenvalue weighted by Crippen LogP contribution is -2.28. The van der Waals surface area contributed by atoms with E-state index in [2.05, 4.69) is 10.3 Å². The Balaban J connectivity index is 1.89. The van der Waals surface area contributed by atoms with Crippen molar-refractivity contribution in [2.45, 2.75) is 25.9 Å². The maximum atomic E-state index is 8.92. The maximum absolute atomic E-state index is 8.92. The minimum atomic E-state index is 0.129. The van der Waals surface area contributed by atoms with E-state index in [9.17, 15) is 0 Å². The topological polar surface area (TPSA) is 45.2 Å². The Morgan fingerprint density at radius 3 is 2.93 bits per heavy atom. The highest BCUT2D eigenvalue weighted by atomic mass is 32.1. The first-order chi connectivity index (χ1) is 6.88. The van der Waals surface area contributed by atoms with E-state index in [0.29, 0.717) is 0 Å². The lowest BCUT2D eigenvalue weighted by molar-refractivity contribution is 0.285. The van der Waals surface area contributed by atoms with Crippen molar-refractivity contribution in [3.63, 3.8) is 0 Å². The zero-order valence-corrected chi connectivity index (χ0v) is 9.02. The van der Waals surface area contributed by atoms with Crippen molar-refractivity contribution in [2.24, 2.45) is 5.92 Å². The summed E-state index contributed by atoms with van der Waals surface area (Å²) in [6.07, 6.45) is 5.40. The fourth-order valence-electron chi connectivity index (χ4n) is 1.85. The number of thiazole rings is 1. The molecule has 1 fully saturated rings. The number of nitrogens with one attached hydrogen (secondary N) is 1. The molecule has 0 unspecified atom stereocenters. The molecule has 1 aliphatic rings. The molecule has 0 radical (unpaired) electrons. The molecule has 4 heteroatoms. The molecule has 0 amide bonds. The second-order valence-electron chi connectivity index (χ2n) is 3.78. The molecule has 1 aromatic rings. The summed E-state index contributed by atoms with van der Waals surface area (Å²) in [5, 5.41) is 13.5. The van der Waals surface area contributed by atoms with Crippen molar-refractivity contribution in [2.75, 3.05) is 13.1 Å². The fourth-order valence-corrected chi connectivity index (χ4v) is 2.75. The van der Waals surface area contributed by atoms with Crippen molar-refractivity contribution in [1.29, 1.82) is 0 Å². The van der Waals surface area contributed by atoms with E-state index in [1.165, 1.54) is 17.8 Å². The Bertz CT molecular complexity index is 281. The summed E-state index contributed by atoms with van der Waals surface area (Å²) in [4.78, 5) is 5.30. The van der Waals surface area contributed by atoms with Crippen LogP contribution in [0.15, 0.2) is 6.20 Å². The highest BCUT2D eigenvalue weighted by Crippen LogP contribution is 2.21. The van der Waals surface area contributed by atoms with Gasteiger partial charge in [-0.05, 0) is 31.8 Å². The van der Waals surface area contributed by atoms with Gasteiger partial charge in [-0.2, -0.15) is 0 Å². The van der Waals surface area contributed by atoms with E-state index in [-0.39, 0.29) is 6.61 Å². The minimum Gasteiger partial charge on any atom is -0.391 e. The largest absolute Gasteiger partial charge is 0.391 e. The zero-order chi connectivity index (χ0) is 9.80. The molecular weight excluding hydrogens is 196 g/mol. The van der Waals surface area contributed by atoms with Gasteiger partial charge < -0.3 is 10.4 Å². The standard InChI is InChI=1S/C10H16N2OS/c13-7-9-6-12-10(14-9)5-8-1-3-11-4-2-8/h6,8,11,13H,1-5,7H2. The number of hydrogen-bond acceptors (Lipinski definition) is 4. The van der Waals surface area contributed by atoms with Crippen LogP contribution in [0.5, 0.6) is 0 Å². The molecule has 0 saturated carbocycles. The summed E-state index contributed by atoms with van der Waals surface area (Å²) in [6.45, 7) is 2.41. The average molecular weight is 212 g/mol. The molecule has 0 aromatic carbocycles. The Hall–Kier alpha value is -0.450. The molecule has 78 valence electrons. The van der Waals surface area contributed by atoms with Gasteiger partial charge in [-0.1, -0.05) is 0 Å². The molecule has 1 aromatic heterocycles. The first kappa shape index (κ1) is 10.1. The van der Waals surface area contributed by atoms with Crippen LogP contribution in [-0.4, -0.2) is 23.2 Å². The Kier molecular flexibility index (Phi) is 3.50. The number of hydrogen-bond donors (Lipinski definition) is 2. The van der Waals surface area contributed by atoms with Crippen LogP contribution in [0, 0.1) is 5.92 Å². The molecule has 0 atom stereocenters. The van der Waals surface area contributed by atoms with Gasteiger partial charge in [-0.3, -0.25) is 0 Å². The second kappa shape index (κ2) is 4.87. The number of aromatic nitrogens is 1. The number of aliphatic hydroxyl groups is 1. The lowest BCUT2D eigenvalue weighted by atomic mass is 9.95. The molecule has 0 aliphatic carbocycles. The molecule has 1 saturated heterocycles. The van der Waals surface area contributed by atoms with E-state index in [1.54, 1.807) is 17.5 Å². The van der Waals surface area contributed by atoms with E-state index in [1.807, 2.05) is 0 Å². The zero-order valence-electron chi connectivity index (χ0n) is 8.20. The first-order valence-electron chi connectivity index (χ1n) is 5.13. The molecule has 0 bridgehead atoms. The maximum Gasteiger partial charge on any atom is 0.0931 e. The first-order valence-corrected chi connectivity index (χ1v) is 5.95. The van der Waals surface area contributed by atoms with Crippen molar-refractivity contribution in [3.05, 3.63) is 16.1 Å². The van der Waals surface area contributed by atoms with Gasteiger partial charge in [0.15, 0.2) is 0 Å². The second-order valence-corrected chi connectivity index (χ2v) is 4.98. The fraction of sp³-hybridized carbons (Fsp3) is 0.700. The monoisotopic (exact) mass is 212 g/mol. The molecule has 14 heavy (non-hydrogen) atoms. The summed E-state index contributed by atoms with van der Waals surface area (Å²) < 4.78 is 0. The van der Waals surface area contributed by atoms with E-state index < -0.39 is 0 Å². The van der Waals surface area contributed by atoms with Gasteiger partial charge >= 0.3 is 0 Å². The Morgan fingerprint density at radius 2 is 2.29 bits per heavy atom. The third kappa shape index (κ3) is 2.53. The van der Waals surface area contributed by atoms with Crippen LogP contribution in [0.2, 0.25) is 0 Å². The minimum absolute atomic E-state index is 0.129. The predicted molar refractivity (Wildman–Crippen MR) is 57.3 cm³/mol. The third-order valence-electron chi connectivity index (χ3n) is 2.68. The summed E-state index contributed by atoms with van der Waals surface area (Å²) in [6, 6.07) is 0. The molecule has 1 aliphatic heterocycles. The molecule has 3 nitrogen and oxygen atoms in total. The van der Waals surface area contributed by atoms with Gasteiger partial charge in [-0.15, -0.1) is 11.3 Å². The van der Waals surface area contributed by atoms with Crippen LogP contribution in [0.3, 0.4) is 0 Å². The summed E-state index contributed by atoms with van der Waals surface area (Å²) in [7, 11) is 0. The molecular formula is C10H16N2OS. The quantitative estimate of drug-likeness (QED) is 0.791. The molecule has 0 spiro atoms. The SMILES string of the molecule is OCc1cnc(CC2CCNCC2)s1. The van der Waals surface area contributed by atoms with Crippen LogP contribution in [-0.2, 0) is 13.0 Å². The normalized spacial score (nSPS) is 18.6. The van der Waals surface area contributed by atoms with Crippen molar-refractivity contribution in [3.8, 4) is 0 Å². The number of aliphatic hydroxyl groups excluding tert-OH is 1. The van der Waals surface area contributed by atoms with Gasteiger partial charge in [0, 0.05) is 12.6 Å². The highest BCUT2D eigenvalue weighted by molar-refractivity contribution is 7.11. The molecule has 2 heterocycles. The average Bonchev–Trinajstić information content (AvgIpc) is 2.67. The van der Waals surface area contributed by atoms with Gasteiger partial charge in [0.1, 0.15) is 0 Å². The molecule has 2 N–H and O–H groups in total. The van der Waals surface area contributed by atoms with Crippen LogP contribution < -0.4 is 5.32 Å². The molecule has 2 rings (SSSR count). The van der Waals surface area contributed by atoms with Crippen molar-refractivity contribution < 1.29 is 5.11 Å². The van der Waals surface area contributed by atoms with Crippen molar-refractivity contribution >= 4 is 11.3 Å². The van der Waals surface area contributed by atoms with Crippen LogP contribution >= 0.6 is 11.3 Å². The number of nitrogens with zero attached hydrogens (tertiary/aromatic N) is 1. The van der Waals surface area contributed by atoms with E-state index in [4.69, 9.17) is 5.11 Å². The van der Waals surface area contributed by atoms with E-state index in [0.717, 1.165) is 30.3 Å². The van der Waals surface area contributed by atoms with Crippen LogP contribution in [0.4, 0.5) is 0 Å². The summed E-state index contributed by atoms with van der Waals surface area (Å²) >= 11 is 1.65. The summed E-state index contributed by atoms with van der Waals surface area (Å²) in [5.41, 5.74) is 0. The highest BCUT2D eigenvalue weighted by Gasteiger charge is 2.15.